The molecule has 10 nitrogen and oxygen atoms in total. The van der Waals surface area contributed by atoms with Crippen molar-refractivity contribution in [2.75, 3.05) is 26.3 Å². The molecule has 208 valence electrons. The first-order valence-corrected chi connectivity index (χ1v) is 14.2. The number of aliphatic hydroxyl groups excluding tert-OH is 1. The highest BCUT2D eigenvalue weighted by atomic mass is 32.2. The molecule has 5 atom stereocenters. The second-order valence-electron chi connectivity index (χ2n) is 10.6. The Morgan fingerprint density at radius 3 is 2.82 bits per heavy atom. The molecule has 3 saturated heterocycles. The van der Waals surface area contributed by atoms with Crippen LogP contribution in [0.5, 0.6) is 0 Å². The van der Waals surface area contributed by atoms with Crippen LogP contribution >= 0.6 is 11.8 Å². The summed E-state index contributed by atoms with van der Waals surface area (Å²) in [5.74, 6) is -2.13. The smallest absolute Gasteiger partial charge is 0.311 e. The number of rotatable bonds is 12. The van der Waals surface area contributed by atoms with Gasteiger partial charge in [-0.2, -0.15) is 0 Å². The molecule has 2 unspecified atom stereocenters. The maximum atomic E-state index is 14.5. The van der Waals surface area contributed by atoms with Gasteiger partial charge in [-0.05, 0) is 44.7 Å². The molecule has 0 saturated carbocycles. The summed E-state index contributed by atoms with van der Waals surface area (Å²) in [4.78, 5) is 45.1. The Bertz CT molecular complexity index is 1300. The zero-order valence-electron chi connectivity index (χ0n) is 22.2. The average Bonchev–Trinajstić information content (AvgIpc) is 3.62. The van der Waals surface area contributed by atoms with Gasteiger partial charge in [-0.15, -0.1) is 30.0 Å². The van der Waals surface area contributed by atoms with Crippen LogP contribution in [0.4, 0.5) is 0 Å². The summed E-state index contributed by atoms with van der Waals surface area (Å²) < 4.78 is 5.99. The molecule has 4 heterocycles. The normalized spacial score (nSPS) is 29.0. The summed E-state index contributed by atoms with van der Waals surface area (Å²) in [5.41, 5.74) is 1.51. The molecule has 0 radical (unpaired) electrons. The van der Waals surface area contributed by atoms with Gasteiger partial charge in [0.25, 0.3) is 0 Å². The van der Waals surface area contributed by atoms with Gasteiger partial charge in [0.05, 0.1) is 28.7 Å². The average molecular weight is 554 g/mol. The first kappa shape index (κ1) is 27.4. The van der Waals surface area contributed by atoms with Crippen LogP contribution in [0.1, 0.15) is 32.6 Å². The summed E-state index contributed by atoms with van der Waals surface area (Å²) in [6.45, 7) is 10.3. The fourth-order valence-corrected chi connectivity index (χ4v) is 8.95. The minimum atomic E-state index is -0.783. The molecule has 11 heteroatoms. The number of amides is 2. The van der Waals surface area contributed by atoms with Crippen molar-refractivity contribution in [2.45, 2.75) is 54.8 Å². The number of carbonyl (C=O) groups is 3. The number of likely N-dealkylation sites (tertiary alicyclic amines) is 1. The summed E-state index contributed by atoms with van der Waals surface area (Å²) >= 11 is 1.60. The predicted octanol–water partition coefficient (Wildman–Crippen LogP) is 2.39. The lowest BCUT2D eigenvalue weighted by atomic mass is 9.66. The molecule has 3 aliphatic rings. The van der Waals surface area contributed by atoms with E-state index < -0.39 is 27.4 Å². The van der Waals surface area contributed by atoms with Crippen LogP contribution in [0.3, 0.4) is 0 Å². The topological polar surface area (TPSA) is 118 Å². The van der Waals surface area contributed by atoms with Crippen molar-refractivity contribution in [1.82, 2.24) is 24.8 Å². The van der Waals surface area contributed by atoms with Crippen molar-refractivity contribution in [2.24, 2.45) is 11.8 Å². The van der Waals surface area contributed by atoms with E-state index in [1.807, 2.05) is 31.2 Å². The number of aliphatic hydroxyl groups is 1. The molecule has 2 aromatic rings. The molecular weight excluding hydrogens is 518 g/mol. The van der Waals surface area contributed by atoms with Gasteiger partial charge in [-0.25, -0.2) is 4.68 Å². The van der Waals surface area contributed by atoms with E-state index in [9.17, 15) is 19.5 Å². The van der Waals surface area contributed by atoms with E-state index in [0.29, 0.717) is 25.7 Å². The van der Waals surface area contributed by atoms with Crippen LogP contribution in [0.25, 0.3) is 11.0 Å². The largest absolute Gasteiger partial charge is 0.465 e. The van der Waals surface area contributed by atoms with Gasteiger partial charge in [-0.1, -0.05) is 29.5 Å². The number of hydrogen-bond acceptors (Lipinski definition) is 8. The molecule has 39 heavy (non-hydrogen) atoms. The Balaban J connectivity index is 1.50. The van der Waals surface area contributed by atoms with Gasteiger partial charge >= 0.3 is 5.97 Å². The summed E-state index contributed by atoms with van der Waals surface area (Å²) in [7, 11) is 0. The molecule has 5 rings (SSSR count). The van der Waals surface area contributed by atoms with Gasteiger partial charge in [0, 0.05) is 24.4 Å². The Morgan fingerprint density at radius 2 is 2.08 bits per heavy atom. The van der Waals surface area contributed by atoms with Gasteiger partial charge in [0.2, 0.25) is 11.8 Å². The Kier molecular flexibility index (Phi) is 7.56. The van der Waals surface area contributed by atoms with E-state index in [4.69, 9.17) is 4.74 Å². The minimum Gasteiger partial charge on any atom is -0.465 e. The van der Waals surface area contributed by atoms with E-state index in [1.54, 1.807) is 38.4 Å². The summed E-state index contributed by atoms with van der Waals surface area (Å²) in [6, 6.07) is 6.74. The van der Waals surface area contributed by atoms with E-state index in [-0.39, 0.29) is 50.8 Å². The van der Waals surface area contributed by atoms with Gasteiger partial charge in [-0.3, -0.25) is 14.4 Å². The number of ether oxygens (including phenoxy) is 1. The molecule has 1 aromatic carbocycles. The highest BCUT2D eigenvalue weighted by Gasteiger charge is 2.77. The van der Waals surface area contributed by atoms with E-state index >= 15 is 0 Å². The molecule has 1 aromatic heterocycles. The highest BCUT2D eigenvalue weighted by Crippen LogP contribution is 2.71. The van der Waals surface area contributed by atoms with E-state index in [0.717, 1.165) is 11.0 Å². The first-order valence-electron chi connectivity index (χ1n) is 13.4. The molecular formula is C28H35N5O5S. The second-order valence-corrected chi connectivity index (χ2v) is 12.5. The van der Waals surface area contributed by atoms with Crippen LogP contribution in [-0.4, -0.2) is 89.5 Å². The first-order chi connectivity index (χ1) is 18.8. The van der Waals surface area contributed by atoms with Crippen molar-refractivity contribution < 1.29 is 24.2 Å². The Hall–Kier alpha value is -3.18. The van der Waals surface area contributed by atoms with Gasteiger partial charge in [0.15, 0.2) is 0 Å². The number of esters is 1. The van der Waals surface area contributed by atoms with Crippen molar-refractivity contribution in [1.29, 1.82) is 0 Å². The molecule has 1 N–H and O–H groups in total. The van der Waals surface area contributed by atoms with Crippen LogP contribution < -0.4 is 0 Å². The molecule has 1 spiro atoms. The lowest BCUT2D eigenvalue weighted by Crippen LogP contribution is -2.55. The standard InChI is InChI=1S/C28H35N5O5S/c1-4-6-17-38-26(37)22-21-24(35)32(15-9-16-34)23(28(21)13-12-27(22,3)39-28)25(36)31(14-5-2)18-33-20-11-8-7-10-19(20)29-30-33/h4-5,7-8,10-11,21-23,34H,1-2,6,9,12-18H2,3H3/t21-,22+,23?,27-,28?/m0/s1. The van der Waals surface area contributed by atoms with Crippen molar-refractivity contribution in [3.63, 3.8) is 0 Å². The van der Waals surface area contributed by atoms with E-state index in [2.05, 4.69) is 23.5 Å². The molecule has 2 bridgehead atoms. The zero-order chi connectivity index (χ0) is 27.8. The fourth-order valence-electron chi connectivity index (χ4n) is 6.61. The Morgan fingerprint density at radius 1 is 1.28 bits per heavy atom. The van der Waals surface area contributed by atoms with Crippen LogP contribution in [-0.2, 0) is 25.8 Å². The third-order valence-electron chi connectivity index (χ3n) is 8.27. The summed E-state index contributed by atoms with van der Waals surface area (Å²) in [5, 5.41) is 18.1. The van der Waals surface area contributed by atoms with Crippen LogP contribution in [0.2, 0.25) is 0 Å². The van der Waals surface area contributed by atoms with Crippen molar-refractivity contribution in [3.8, 4) is 0 Å². The number of thioether (sulfide) groups is 1. The Labute approximate surface area is 232 Å². The summed E-state index contributed by atoms with van der Waals surface area (Å²) in [6.07, 6.45) is 5.55. The monoisotopic (exact) mass is 553 g/mol. The maximum Gasteiger partial charge on any atom is 0.311 e. The number of aromatic nitrogens is 3. The van der Waals surface area contributed by atoms with Gasteiger partial charge < -0.3 is 19.6 Å². The van der Waals surface area contributed by atoms with E-state index in [1.165, 1.54) is 0 Å². The lowest BCUT2D eigenvalue weighted by Gasteiger charge is -2.37. The quantitative estimate of drug-likeness (QED) is 0.242. The number of nitrogens with zero attached hydrogens (tertiary/aromatic N) is 5. The SMILES string of the molecule is C=CCCOC(=O)[C@H]1[C@H]2C(=O)N(CCCO)C(C(=O)N(CC=C)Cn3nnc4ccccc43)C23CC[C@]1(C)S3. The minimum absolute atomic E-state index is 0.110. The van der Waals surface area contributed by atoms with Gasteiger partial charge in [0.1, 0.15) is 18.2 Å². The second kappa shape index (κ2) is 10.8. The lowest BCUT2D eigenvalue weighted by molar-refractivity contribution is -0.155. The maximum absolute atomic E-state index is 14.5. The van der Waals surface area contributed by atoms with Crippen molar-refractivity contribution in [3.05, 3.63) is 49.6 Å². The molecule has 0 aliphatic carbocycles. The van der Waals surface area contributed by atoms with Crippen molar-refractivity contribution >= 4 is 40.6 Å². The van der Waals surface area contributed by atoms with Crippen LogP contribution in [0, 0.1) is 11.8 Å². The number of para-hydroxylation sites is 1. The number of fused-ring (bicyclic) bond motifs is 2. The van der Waals surface area contributed by atoms with Crippen LogP contribution in [0.15, 0.2) is 49.6 Å². The molecule has 3 aliphatic heterocycles. The zero-order valence-corrected chi connectivity index (χ0v) is 23.0. The third-order valence-corrected chi connectivity index (χ3v) is 10.3. The number of hydrogen-bond donors (Lipinski definition) is 1. The highest BCUT2D eigenvalue weighted by molar-refractivity contribution is 8.02. The number of benzene rings is 1. The molecule has 3 fully saturated rings. The predicted molar refractivity (Wildman–Crippen MR) is 147 cm³/mol. The fraction of sp³-hybridized carbons (Fsp3) is 0.536. The number of carbonyl (C=O) groups excluding carboxylic acids is 3. The molecule has 2 amide bonds. The third kappa shape index (κ3) is 4.45.